The van der Waals surface area contributed by atoms with E-state index < -0.39 is 10.0 Å². The normalized spacial score (nSPS) is 11.5. The number of hydrogen-bond acceptors (Lipinski definition) is 8. The molecule has 1 N–H and O–H groups in total. The summed E-state index contributed by atoms with van der Waals surface area (Å²) < 4.78 is 33.0. The minimum atomic E-state index is -3.79. The molecular formula is C17H12ClN5O3S2. The number of pyridine rings is 1. The number of rotatable bonds is 5. The Morgan fingerprint density at radius 3 is 2.75 bits per heavy atom. The summed E-state index contributed by atoms with van der Waals surface area (Å²) in [4.78, 5) is 16.7. The van der Waals surface area contributed by atoms with Crippen LogP contribution in [0, 0.1) is 0 Å². The molecule has 28 heavy (non-hydrogen) atoms. The number of fused-ring (bicyclic) bond motifs is 1. The molecule has 0 unspecified atom stereocenters. The highest BCUT2D eigenvalue weighted by Crippen LogP contribution is 2.34. The lowest BCUT2D eigenvalue weighted by atomic mass is 10.1. The van der Waals surface area contributed by atoms with Crippen molar-refractivity contribution in [2.45, 2.75) is 4.90 Å². The average molecular weight is 434 g/mol. The molecule has 142 valence electrons. The Morgan fingerprint density at radius 2 is 2.00 bits per heavy atom. The minimum absolute atomic E-state index is 0.0658. The van der Waals surface area contributed by atoms with Crippen molar-refractivity contribution in [2.75, 3.05) is 11.8 Å². The Kier molecular flexibility index (Phi) is 4.84. The average Bonchev–Trinajstić information content (AvgIpc) is 3.19. The quantitative estimate of drug-likeness (QED) is 0.512. The highest BCUT2D eigenvalue weighted by atomic mass is 35.5. The number of sulfonamides is 1. The lowest BCUT2D eigenvalue weighted by Crippen LogP contribution is -2.12. The van der Waals surface area contributed by atoms with Gasteiger partial charge in [-0.25, -0.2) is 28.4 Å². The Balaban J connectivity index is 1.82. The van der Waals surface area contributed by atoms with E-state index in [2.05, 4.69) is 24.7 Å². The molecule has 0 aliphatic heterocycles. The molecule has 1 aromatic carbocycles. The van der Waals surface area contributed by atoms with E-state index in [4.69, 9.17) is 16.3 Å². The zero-order valence-corrected chi connectivity index (χ0v) is 16.7. The maximum atomic E-state index is 12.6. The van der Waals surface area contributed by atoms with Gasteiger partial charge in [0.1, 0.15) is 6.33 Å². The largest absolute Gasteiger partial charge is 0.481 e. The third-order valence-corrected chi connectivity index (χ3v) is 6.20. The van der Waals surface area contributed by atoms with Crippen LogP contribution in [0.1, 0.15) is 0 Å². The first kappa shape index (κ1) is 18.5. The molecule has 0 amide bonds. The number of ether oxygens (including phenoxy) is 1. The first-order valence-electron chi connectivity index (χ1n) is 7.85. The molecule has 0 saturated carbocycles. The van der Waals surface area contributed by atoms with Gasteiger partial charge >= 0.3 is 0 Å². The molecular weight excluding hydrogens is 422 g/mol. The molecule has 3 heterocycles. The second-order valence-corrected chi connectivity index (χ2v) is 8.57. The van der Waals surface area contributed by atoms with Gasteiger partial charge in [0.15, 0.2) is 5.13 Å². The van der Waals surface area contributed by atoms with Crippen molar-refractivity contribution < 1.29 is 13.2 Å². The topological polar surface area (TPSA) is 107 Å². The van der Waals surface area contributed by atoms with Crippen molar-refractivity contribution in [1.82, 2.24) is 19.9 Å². The molecule has 0 aliphatic carbocycles. The second-order valence-electron chi connectivity index (χ2n) is 5.55. The molecule has 4 aromatic rings. The number of hydrogen-bond donors (Lipinski definition) is 1. The second kappa shape index (κ2) is 7.30. The fourth-order valence-corrected chi connectivity index (χ4v) is 4.59. The van der Waals surface area contributed by atoms with Crippen LogP contribution in [-0.4, -0.2) is 35.5 Å². The number of thiazole rings is 1. The summed E-state index contributed by atoms with van der Waals surface area (Å²) in [6.45, 7) is 0. The van der Waals surface area contributed by atoms with Gasteiger partial charge in [0.05, 0.1) is 33.8 Å². The fourth-order valence-electron chi connectivity index (χ4n) is 2.63. The van der Waals surface area contributed by atoms with Gasteiger partial charge in [-0.2, -0.15) is 0 Å². The van der Waals surface area contributed by atoms with E-state index in [1.54, 1.807) is 17.5 Å². The molecule has 4 rings (SSSR count). The van der Waals surface area contributed by atoms with E-state index in [1.807, 2.05) is 0 Å². The van der Waals surface area contributed by atoms with Crippen LogP contribution < -0.4 is 9.46 Å². The van der Waals surface area contributed by atoms with Gasteiger partial charge < -0.3 is 4.74 Å². The van der Waals surface area contributed by atoms with Gasteiger partial charge in [-0.15, -0.1) is 11.3 Å². The van der Waals surface area contributed by atoms with E-state index >= 15 is 0 Å². The number of anilines is 1. The SMILES string of the molecule is COc1ncc(Cl)cc1-c1ncnc2cc(S(=O)(=O)Nc3nccs3)ccc12. The molecule has 0 atom stereocenters. The van der Waals surface area contributed by atoms with Crippen molar-refractivity contribution in [3.05, 3.63) is 53.4 Å². The number of aromatic nitrogens is 4. The van der Waals surface area contributed by atoms with Crippen molar-refractivity contribution >= 4 is 49.0 Å². The number of halogens is 1. The number of nitrogens with zero attached hydrogens (tertiary/aromatic N) is 4. The highest BCUT2D eigenvalue weighted by molar-refractivity contribution is 7.93. The van der Waals surface area contributed by atoms with Crippen LogP contribution in [0.5, 0.6) is 5.88 Å². The predicted octanol–water partition coefficient (Wildman–Crippen LogP) is 3.61. The van der Waals surface area contributed by atoms with E-state index in [0.29, 0.717) is 38.2 Å². The molecule has 0 bridgehead atoms. The smallest absolute Gasteiger partial charge is 0.263 e. The highest BCUT2D eigenvalue weighted by Gasteiger charge is 2.19. The lowest BCUT2D eigenvalue weighted by molar-refractivity contribution is 0.399. The van der Waals surface area contributed by atoms with Gasteiger partial charge in [0.25, 0.3) is 10.0 Å². The van der Waals surface area contributed by atoms with Crippen molar-refractivity contribution in [1.29, 1.82) is 0 Å². The van der Waals surface area contributed by atoms with Gasteiger partial charge in [-0.1, -0.05) is 11.6 Å². The summed E-state index contributed by atoms with van der Waals surface area (Å²) in [5.41, 5.74) is 1.57. The maximum Gasteiger partial charge on any atom is 0.263 e. The van der Waals surface area contributed by atoms with Crippen LogP contribution >= 0.6 is 22.9 Å². The van der Waals surface area contributed by atoms with Gasteiger partial charge in [-0.05, 0) is 24.3 Å². The molecule has 8 nitrogen and oxygen atoms in total. The summed E-state index contributed by atoms with van der Waals surface area (Å²) in [6, 6.07) is 6.28. The van der Waals surface area contributed by atoms with Gasteiger partial charge in [0.2, 0.25) is 5.88 Å². The molecule has 0 saturated heterocycles. The van der Waals surface area contributed by atoms with Crippen LogP contribution in [0.2, 0.25) is 5.02 Å². The summed E-state index contributed by atoms with van der Waals surface area (Å²) >= 11 is 7.27. The summed E-state index contributed by atoms with van der Waals surface area (Å²) in [5, 5.41) is 3.04. The predicted molar refractivity (Wildman–Crippen MR) is 107 cm³/mol. The standard InChI is InChI=1S/C17H12ClN5O3S2/c1-26-16-13(6-10(18)8-20-16)15-12-3-2-11(7-14(12)21-9-22-15)28(24,25)23-17-19-4-5-27-17/h2-9H,1H3,(H,19,23). The zero-order valence-electron chi connectivity index (χ0n) is 14.3. The summed E-state index contributed by atoms with van der Waals surface area (Å²) in [5.74, 6) is 0.353. The van der Waals surface area contributed by atoms with Crippen LogP contribution in [0.4, 0.5) is 5.13 Å². The maximum absolute atomic E-state index is 12.6. The van der Waals surface area contributed by atoms with Gasteiger partial charge in [0, 0.05) is 23.2 Å². The molecule has 3 aromatic heterocycles. The Hall–Kier alpha value is -2.82. The van der Waals surface area contributed by atoms with E-state index in [9.17, 15) is 8.42 Å². The van der Waals surface area contributed by atoms with Crippen LogP contribution in [0.15, 0.2) is 53.3 Å². The molecule has 0 spiro atoms. The fraction of sp³-hybridized carbons (Fsp3) is 0.0588. The Morgan fingerprint density at radius 1 is 1.14 bits per heavy atom. The Bertz CT molecular complexity index is 1260. The van der Waals surface area contributed by atoms with Crippen LogP contribution in [-0.2, 0) is 10.0 Å². The lowest BCUT2D eigenvalue weighted by Gasteiger charge is -2.11. The minimum Gasteiger partial charge on any atom is -0.481 e. The monoisotopic (exact) mass is 433 g/mol. The van der Waals surface area contributed by atoms with Crippen LogP contribution in [0.25, 0.3) is 22.2 Å². The zero-order chi connectivity index (χ0) is 19.7. The third kappa shape index (κ3) is 3.49. The van der Waals surface area contributed by atoms with Crippen molar-refractivity contribution in [3.63, 3.8) is 0 Å². The first-order valence-corrected chi connectivity index (χ1v) is 10.6. The van der Waals surface area contributed by atoms with Crippen molar-refractivity contribution in [3.8, 4) is 17.1 Å². The summed E-state index contributed by atoms with van der Waals surface area (Å²) in [7, 11) is -2.29. The first-order chi connectivity index (χ1) is 13.5. The van der Waals surface area contributed by atoms with Crippen molar-refractivity contribution in [2.24, 2.45) is 0 Å². The third-order valence-electron chi connectivity index (χ3n) is 3.84. The molecule has 0 radical (unpaired) electrons. The Labute approximate surface area is 169 Å². The van der Waals surface area contributed by atoms with Crippen LogP contribution in [0.3, 0.4) is 0 Å². The number of methoxy groups -OCH3 is 1. The number of nitrogens with one attached hydrogen (secondary N) is 1. The van der Waals surface area contributed by atoms with E-state index in [0.717, 1.165) is 0 Å². The molecule has 0 aliphatic rings. The van der Waals surface area contributed by atoms with E-state index in [1.165, 1.54) is 49.3 Å². The van der Waals surface area contributed by atoms with Gasteiger partial charge in [-0.3, -0.25) is 4.72 Å². The molecule has 0 fully saturated rings. The summed E-state index contributed by atoms with van der Waals surface area (Å²) in [6.07, 6.45) is 4.35. The molecule has 11 heteroatoms. The number of benzene rings is 1. The van der Waals surface area contributed by atoms with E-state index in [-0.39, 0.29) is 4.90 Å².